The third-order valence-electron chi connectivity index (χ3n) is 5.23. The topological polar surface area (TPSA) is 46.5 Å². The molecule has 0 bridgehead atoms. The third kappa shape index (κ3) is 3.88. The number of carbonyl (C=O) groups is 1. The third-order valence-corrected chi connectivity index (χ3v) is 5.23. The molecule has 1 N–H and O–H groups in total. The number of aliphatic hydroxyl groups excluding tert-OH is 1. The highest BCUT2D eigenvalue weighted by Crippen LogP contribution is 2.46. The standard InChI is InChI=1S/C18H30O3/c1-5-6-8-18(3,4)9-7-14(19)17-12(2)10-15-13(17)11-16(20)21-15/h7,9,12-15,17,19H,5-6,8,10-11H2,1-4H3. The molecule has 2 rings (SSSR count). The summed E-state index contributed by atoms with van der Waals surface area (Å²) in [6, 6.07) is 0. The number of unbranched alkanes of at least 4 members (excludes halogenated alkanes) is 1. The van der Waals surface area contributed by atoms with Crippen LogP contribution in [0.5, 0.6) is 0 Å². The molecule has 120 valence electrons. The first kappa shape index (κ1) is 16.5. The van der Waals surface area contributed by atoms with Crippen LogP contribution >= 0.6 is 0 Å². The van der Waals surface area contributed by atoms with Gasteiger partial charge in [-0.2, -0.15) is 0 Å². The van der Waals surface area contributed by atoms with Crippen molar-refractivity contribution in [1.82, 2.24) is 0 Å². The van der Waals surface area contributed by atoms with Crippen molar-refractivity contribution in [2.45, 2.75) is 72.0 Å². The molecule has 0 aromatic heterocycles. The van der Waals surface area contributed by atoms with Gasteiger partial charge in [0.05, 0.1) is 12.5 Å². The lowest BCUT2D eigenvalue weighted by atomic mass is 9.81. The number of ether oxygens (including phenoxy) is 1. The lowest BCUT2D eigenvalue weighted by Crippen LogP contribution is -2.28. The van der Waals surface area contributed by atoms with E-state index in [0.717, 1.165) is 12.8 Å². The number of hydrogen-bond acceptors (Lipinski definition) is 3. The summed E-state index contributed by atoms with van der Waals surface area (Å²) in [5.41, 5.74) is 0.125. The molecule has 3 heteroatoms. The van der Waals surface area contributed by atoms with Gasteiger partial charge in [0.2, 0.25) is 0 Å². The van der Waals surface area contributed by atoms with Gasteiger partial charge in [0.15, 0.2) is 0 Å². The van der Waals surface area contributed by atoms with Gasteiger partial charge in [-0.15, -0.1) is 0 Å². The van der Waals surface area contributed by atoms with Gasteiger partial charge in [0, 0.05) is 5.92 Å². The molecule has 0 spiro atoms. The van der Waals surface area contributed by atoms with Crippen molar-refractivity contribution in [3.05, 3.63) is 12.2 Å². The molecule has 0 aromatic carbocycles. The monoisotopic (exact) mass is 294 g/mol. The lowest BCUT2D eigenvalue weighted by molar-refractivity contribution is -0.141. The zero-order chi connectivity index (χ0) is 15.6. The van der Waals surface area contributed by atoms with Crippen LogP contribution in [0, 0.1) is 23.2 Å². The first-order chi connectivity index (χ1) is 9.84. The molecule has 5 unspecified atom stereocenters. The maximum absolute atomic E-state index is 11.4. The van der Waals surface area contributed by atoms with Crippen molar-refractivity contribution in [2.24, 2.45) is 23.2 Å². The second kappa shape index (κ2) is 6.51. The van der Waals surface area contributed by atoms with Gasteiger partial charge in [-0.3, -0.25) is 4.79 Å². The molecule has 1 saturated heterocycles. The highest BCUT2D eigenvalue weighted by Gasteiger charge is 2.50. The molecule has 0 radical (unpaired) electrons. The Morgan fingerprint density at radius 1 is 1.48 bits per heavy atom. The van der Waals surface area contributed by atoms with Gasteiger partial charge in [0.1, 0.15) is 6.10 Å². The number of hydrogen-bond donors (Lipinski definition) is 1. The normalized spacial score (nSPS) is 34.2. The minimum atomic E-state index is -0.467. The van der Waals surface area contributed by atoms with Crippen LogP contribution in [-0.4, -0.2) is 23.3 Å². The Morgan fingerprint density at radius 2 is 2.19 bits per heavy atom. The molecular formula is C18H30O3. The fourth-order valence-corrected chi connectivity index (χ4v) is 3.97. The smallest absolute Gasteiger partial charge is 0.306 e. The molecule has 2 aliphatic rings. The van der Waals surface area contributed by atoms with Gasteiger partial charge >= 0.3 is 5.97 Å². The van der Waals surface area contributed by atoms with Crippen LogP contribution in [0.15, 0.2) is 12.2 Å². The summed E-state index contributed by atoms with van der Waals surface area (Å²) in [4.78, 5) is 11.4. The highest BCUT2D eigenvalue weighted by molar-refractivity contribution is 5.72. The second-order valence-electron chi connectivity index (χ2n) is 7.63. The largest absolute Gasteiger partial charge is 0.462 e. The van der Waals surface area contributed by atoms with Gasteiger partial charge in [-0.05, 0) is 30.1 Å². The van der Waals surface area contributed by atoms with E-state index in [1.54, 1.807) is 0 Å². The van der Waals surface area contributed by atoms with Crippen molar-refractivity contribution in [1.29, 1.82) is 0 Å². The van der Waals surface area contributed by atoms with E-state index in [-0.39, 0.29) is 29.3 Å². The second-order valence-corrected chi connectivity index (χ2v) is 7.63. The molecule has 0 aromatic rings. The Kier molecular flexibility index (Phi) is 5.13. The van der Waals surface area contributed by atoms with Gasteiger partial charge in [-0.25, -0.2) is 0 Å². The number of allylic oxidation sites excluding steroid dienone is 1. The van der Waals surface area contributed by atoms with E-state index in [2.05, 4.69) is 33.8 Å². The van der Waals surface area contributed by atoms with Crippen LogP contribution in [0.4, 0.5) is 0 Å². The Morgan fingerprint density at radius 3 is 2.86 bits per heavy atom. The summed E-state index contributed by atoms with van der Waals surface area (Å²) in [6.07, 6.45) is 8.60. The molecule has 5 atom stereocenters. The fraction of sp³-hybridized carbons (Fsp3) is 0.833. The van der Waals surface area contributed by atoms with Crippen molar-refractivity contribution in [2.75, 3.05) is 0 Å². The van der Waals surface area contributed by atoms with E-state index in [1.165, 1.54) is 12.8 Å². The predicted octanol–water partition coefficient (Wildman–Crippen LogP) is 3.71. The first-order valence-corrected chi connectivity index (χ1v) is 8.41. The van der Waals surface area contributed by atoms with E-state index in [1.807, 2.05) is 6.08 Å². The van der Waals surface area contributed by atoms with E-state index in [4.69, 9.17) is 4.74 Å². The molecule has 21 heavy (non-hydrogen) atoms. The summed E-state index contributed by atoms with van der Waals surface area (Å²) in [5, 5.41) is 10.6. The minimum absolute atomic E-state index is 0.0358. The van der Waals surface area contributed by atoms with Crippen LogP contribution in [0.2, 0.25) is 0 Å². The summed E-state index contributed by atoms with van der Waals surface area (Å²) in [6.45, 7) is 8.80. The molecule has 1 aliphatic heterocycles. The van der Waals surface area contributed by atoms with Crippen molar-refractivity contribution in [3.63, 3.8) is 0 Å². The van der Waals surface area contributed by atoms with Crippen LogP contribution < -0.4 is 0 Å². The van der Waals surface area contributed by atoms with Crippen molar-refractivity contribution < 1.29 is 14.6 Å². The molecule has 1 saturated carbocycles. The number of carbonyl (C=O) groups excluding carboxylic acids is 1. The Balaban J connectivity index is 1.99. The van der Waals surface area contributed by atoms with Crippen LogP contribution in [0.1, 0.15) is 59.8 Å². The summed E-state index contributed by atoms with van der Waals surface area (Å²) in [5.74, 6) is 0.665. The maximum atomic E-state index is 11.4. The van der Waals surface area contributed by atoms with E-state index in [0.29, 0.717) is 12.3 Å². The van der Waals surface area contributed by atoms with Crippen molar-refractivity contribution >= 4 is 5.97 Å². The summed E-state index contributed by atoms with van der Waals surface area (Å²) in [7, 11) is 0. The summed E-state index contributed by atoms with van der Waals surface area (Å²) >= 11 is 0. The maximum Gasteiger partial charge on any atom is 0.306 e. The molecule has 3 nitrogen and oxygen atoms in total. The van der Waals surface area contributed by atoms with Crippen molar-refractivity contribution in [3.8, 4) is 0 Å². The first-order valence-electron chi connectivity index (χ1n) is 8.41. The SMILES string of the molecule is CCCCC(C)(C)C=CC(O)C1C(C)CC2OC(=O)CC21. The number of fused-ring (bicyclic) bond motifs is 1. The quantitative estimate of drug-likeness (QED) is 0.600. The number of aliphatic hydroxyl groups is 1. The number of rotatable bonds is 6. The summed E-state index contributed by atoms with van der Waals surface area (Å²) < 4.78 is 5.36. The van der Waals surface area contributed by atoms with E-state index >= 15 is 0 Å². The molecule has 1 aliphatic carbocycles. The fourth-order valence-electron chi connectivity index (χ4n) is 3.97. The van der Waals surface area contributed by atoms with Gasteiger partial charge < -0.3 is 9.84 Å². The predicted molar refractivity (Wildman–Crippen MR) is 83.7 cm³/mol. The average Bonchev–Trinajstić information content (AvgIpc) is 2.88. The molecule has 1 heterocycles. The van der Waals surface area contributed by atoms with Crippen LogP contribution in [0.25, 0.3) is 0 Å². The van der Waals surface area contributed by atoms with Crippen LogP contribution in [-0.2, 0) is 9.53 Å². The molecular weight excluding hydrogens is 264 g/mol. The van der Waals surface area contributed by atoms with Crippen LogP contribution in [0.3, 0.4) is 0 Å². The minimum Gasteiger partial charge on any atom is -0.462 e. The van der Waals surface area contributed by atoms with E-state index in [9.17, 15) is 9.90 Å². The van der Waals surface area contributed by atoms with Gasteiger partial charge in [0.25, 0.3) is 0 Å². The van der Waals surface area contributed by atoms with E-state index < -0.39 is 6.10 Å². The highest BCUT2D eigenvalue weighted by atomic mass is 16.6. The number of esters is 1. The lowest BCUT2D eigenvalue weighted by Gasteiger charge is -2.26. The molecule has 0 amide bonds. The van der Waals surface area contributed by atoms with Gasteiger partial charge in [-0.1, -0.05) is 52.7 Å². The average molecular weight is 294 g/mol. The zero-order valence-electron chi connectivity index (χ0n) is 13.8. The molecule has 2 fully saturated rings. The Bertz CT molecular complexity index is 399. The Hall–Kier alpha value is -0.830. The Labute approximate surface area is 128 Å². The zero-order valence-corrected chi connectivity index (χ0v) is 13.8.